The van der Waals surface area contributed by atoms with Crippen molar-refractivity contribution in [2.75, 3.05) is 18.5 Å². The van der Waals surface area contributed by atoms with E-state index in [2.05, 4.69) is 43.4 Å². The second-order valence-corrected chi connectivity index (χ2v) is 4.37. The van der Waals surface area contributed by atoms with E-state index in [0.717, 1.165) is 19.6 Å². The maximum Gasteiger partial charge on any atom is 0.0518 e. The van der Waals surface area contributed by atoms with Crippen molar-refractivity contribution in [3.05, 3.63) is 29.8 Å². The SMILES string of the molecule is CC(C)OCCC1CNc2ccccc21. The van der Waals surface area contributed by atoms with Gasteiger partial charge in [0.1, 0.15) is 0 Å². The molecule has 1 aliphatic heterocycles. The third-order valence-electron chi connectivity index (χ3n) is 2.86. The van der Waals surface area contributed by atoms with E-state index in [1.165, 1.54) is 11.3 Å². The molecule has 0 saturated heterocycles. The minimum absolute atomic E-state index is 0.342. The van der Waals surface area contributed by atoms with E-state index in [1.807, 2.05) is 0 Å². The number of fused-ring (bicyclic) bond motifs is 1. The molecular weight excluding hydrogens is 186 g/mol. The normalized spacial score (nSPS) is 19.0. The highest BCUT2D eigenvalue weighted by molar-refractivity contribution is 5.57. The third-order valence-corrected chi connectivity index (χ3v) is 2.86. The lowest BCUT2D eigenvalue weighted by Crippen LogP contribution is -2.09. The molecule has 0 radical (unpaired) electrons. The largest absolute Gasteiger partial charge is 0.384 e. The Balaban J connectivity index is 1.90. The average Bonchev–Trinajstić information content (AvgIpc) is 2.62. The van der Waals surface area contributed by atoms with Crippen LogP contribution in [0, 0.1) is 0 Å². The highest BCUT2D eigenvalue weighted by atomic mass is 16.5. The lowest BCUT2D eigenvalue weighted by Gasteiger charge is -2.12. The molecule has 0 spiro atoms. The van der Waals surface area contributed by atoms with Crippen LogP contribution in [0.2, 0.25) is 0 Å². The Morgan fingerprint density at radius 2 is 2.20 bits per heavy atom. The Hall–Kier alpha value is -1.02. The third kappa shape index (κ3) is 2.51. The second-order valence-electron chi connectivity index (χ2n) is 4.37. The summed E-state index contributed by atoms with van der Waals surface area (Å²) < 4.78 is 5.59. The zero-order valence-corrected chi connectivity index (χ0v) is 9.49. The van der Waals surface area contributed by atoms with Gasteiger partial charge in [-0.15, -0.1) is 0 Å². The molecule has 0 amide bonds. The summed E-state index contributed by atoms with van der Waals surface area (Å²) in [7, 11) is 0. The van der Waals surface area contributed by atoms with Gasteiger partial charge in [0.25, 0.3) is 0 Å². The van der Waals surface area contributed by atoms with Crippen LogP contribution >= 0.6 is 0 Å². The Kier molecular flexibility index (Phi) is 3.27. The van der Waals surface area contributed by atoms with E-state index < -0.39 is 0 Å². The van der Waals surface area contributed by atoms with Crippen molar-refractivity contribution in [3.8, 4) is 0 Å². The van der Waals surface area contributed by atoms with Gasteiger partial charge < -0.3 is 10.1 Å². The van der Waals surface area contributed by atoms with Crippen LogP contribution in [0.15, 0.2) is 24.3 Å². The molecule has 0 aromatic heterocycles. The first kappa shape index (κ1) is 10.5. The molecule has 1 N–H and O–H groups in total. The van der Waals surface area contributed by atoms with Crippen LogP contribution in [0.4, 0.5) is 5.69 Å². The van der Waals surface area contributed by atoms with Gasteiger partial charge in [-0.25, -0.2) is 0 Å². The number of anilines is 1. The predicted molar refractivity (Wildman–Crippen MR) is 63.4 cm³/mol. The number of nitrogens with one attached hydrogen (secondary N) is 1. The summed E-state index contributed by atoms with van der Waals surface area (Å²) in [5.74, 6) is 0.625. The molecule has 0 aliphatic carbocycles. The molecule has 1 unspecified atom stereocenters. The maximum atomic E-state index is 5.59. The van der Waals surface area contributed by atoms with Crippen LogP contribution in [0.5, 0.6) is 0 Å². The summed E-state index contributed by atoms with van der Waals surface area (Å²) in [6.45, 7) is 6.08. The number of hydrogen-bond acceptors (Lipinski definition) is 2. The van der Waals surface area contributed by atoms with Crippen molar-refractivity contribution in [3.63, 3.8) is 0 Å². The Morgan fingerprint density at radius 3 is 3.00 bits per heavy atom. The van der Waals surface area contributed by atoms with Gasteiger partial charge >= 0.3 is 0 Å². The first-order valence-corrected chi connectivity index (χ1v) is 5.72. The molecule has 15 heavy (non-hydrogen) atoms. The molecule has 0 fully saturated rings. The smallest absolute Gasteiger partial charge is 0.0518 e. The van der Waals surface area contributed by atoms with Crippen molar-refractivity contribution < 1.29 is 4.74 Å². The Morgan fingerprint density at radius 1 is 1.40 bits per heavy atom. The molecule has 1 aromatic rings. The molecule has 2 rings (SSSR count). The van der Waals surface area contributed by atoms with Gasteiger partial charge in [-0.3, -0.25) is 0 Å². The molecule has 82 valence electrons. The molecule has 1 aliphatic rings. The van der Waals surface area contributed by atoms with Crippen molar-refractivity contribution in [2.24, 2.45) is 0 Å². The predicted octanol–water partition coefficient (Wildman–Crippen LogP) is 3.01. The fraction of sp³-hybridized carbons (Fsp3) is 0.538. The van der Waals surface area contributed by atoms with Gasteiger partial charge in [0.05, 0.1) is 6.10 Å². The monoisotopic (exact) mass is 205 g/mol. The summed E-state index contributed by atoms with van der Waals surface area (Å²) >= 11 is 0. The molecule has 1 aromatic carbocycles. The second kappa shape index (κ2) is 4.67. The minimum atomic E-state index is 0.342. The standard InChI is InChI=1S/C13H19NO/c1-10(2)15-8-7-11-9-14-13-6-4-3-5-12(11)13/h3-6,10-11,14H,7-9H2,1-2H3. The van der Waals surface area contributed by atoms with Crippen molar-refractivity contribution >= 4 is 5.69 Å². The summed E-state index contributed by atoms with van der Waals surface area (Å²) in [6, 6.07) is 8.56. The van der Waals surface area contributed by atoms with Crippen molar-refractivity contribution in [1.82, 2.24) is 0 Å². The van der Waals surface area contributed by atoms with E-state index in [9.17, 15) is 0 Å². The average molecular weight is 205 g/mol. The van der Waals surface area contributed by atoms with Crippen LogP contribution in [0.3, 0.4) is 0 Å². The van der Waals surface area contributed by atoms with Gasteiger partial charge in [-0.05, 0) is 31.9 Å². The number of hydrogen-bond donors (Lipinski definition) is 1. The van der Waals surface area contributed by atoms with Crippen LogP contribution in [-0.4, -0.2) is 19.3 Å². The molecular formula is C13H19NO. The lowest BCUT2D eigenvalue weighted by molar-refractivity contribution is 0.0742. The van der Waals surface area contributed by atoms with E-state index in [4.69, 9.17) is 4.74 Å². The van der Waals surface area contributed by atoms with Gasteiger partial charge in [0, 0.05) is 24.8 Å². The fourth-order valence-electron chi connectivity index (χ4n) is 2.06. The number of ether oxygens (including phenoxy) is 1. The van der Waals surface area contributed by atoms with Crippen LogP contribution < -0.4 is 5.32 Å². The molecule has 1 atom stereocenters. The molecule has 2 nitrogen and oxygen atoms in total. The molecule has 1 heterocycles. The highest BCUT2D eigenvalue weighted by Gasteiger charge is 2.20. The Bertz CT molecular complexity index is 322. The zero-order valence-electron chi connectivity index (χ0n) is 9.49. The van der Waals surface area contributed by atoms with Crippen LogP contribution in [0.25, 0.3) is 0 Å². The van der Waals surface area contributed by atoms with E-state index in [1.54, 1.807) is 0 Å². The molecule has 0 saturated carbocycles. The van der Waals surface area contributed by atoms with Crippen molar-refractivity contribution in [2.45, 2.75) is 32.3 Å². The summed E-state index contributed by atoms with van der Waals surface area (Å²) in [6.07, 6.45) is 1.46. The van der Waals surface area contributed by atoms with Gasteiger partial charge in [0.2, 0.25) is 0 Å². The molecule has 0 bridgehead atoms. The summed E-state index contributed by atoms with van der Waals surface area (Å²) in [5, 5.41) is 3.43. The van der Waals surface area contributed by atoms with Gasteiger partial charge in [-0.2, -0.15) is 0 Å². The van der Waals surface area contributed by atoms with Gasteiger partial charge in [-0.1, -0.05) is 18.2 Å². The minimum Gasteiger partial charge on any atom is -0.384 e. The van der Waals surface area contributed by atoms with Crippen molar-refractivity contribution in [1.29, 1.82) is 0 Å². The van der Waals surface area contributed by atoms with Crippen LogP contribution in [-0.2, 0) is 4.74 Å². The van der Waals surface area contributed by atoms with E-state index in [-0.39, 0.29) is 0 Å². The number of para-hydroxylation sites is 1. The highest BCUT2D eigenvalue weighted by Crippen LogP contribution is 2.32. The summed E-state index contributed by atoms with van der Waals surface area (Å²) in [5.41, 5.74) is 2.75. The maximum absolute atomic E-state index is 5.59. The van der Waals surface area contributed by atoms with Crippen LogP contribution in [0.1, 0.15) is 31.7 Å². The summed E-state index contributed by atoms with van der Waals surface area (Å²) in [4.78, 5) is 0. The first-order chi connectivity index (χ1) is 7.27. The number of rotatable bonds is 4. The van der Waals surface area contributed by atoms with E-state index >= 15 is 0 Å². The topological polar surface area (TPSA) is 21.3 Å². The zero-order chi connectivity index (χ0) is 10.7. The number of benzene rings is 1. The molecule has 2 heteroatoms. The van der Waals surface area contributed by atoms with E-state index in [0.29, 0.717) is 12.0 Å². The first-order valence-electron chi connectivity index (χ1n) is 5.72. The Labute approximate surface area is 91.6 Å². The van der Waals surface area contributed by atoms with Gasteiger partial charge in [0.15, 0.2) is 0 Å². The quantitative estimate of drug-likeness (QED) is 0.815. The fourth-order valence-corrected chi connectivity index (χ4v) is 2.06. The lowest BCUT2D eigenvalue weighted by atomic mass is 9.98.